The van der Waals surface area contributed by atoms with Crippen LogP contribution >= 0.6 is 0 Å². The summed E-state index contributed by atoms with van der Waals surface area (Å²) >= 11 is 0. The van der Waals surface area contributed by atoms with Crippen LogP contribution in [0.2, 0.25) is 0 Å². The van der Waals surface area contributed by atoms with Crippen molar-refractivity contribution in [2.75, 3.05) is 13.6 Å². The van der Waals surface area contributed by atoms with Crippen LogP contribution < -0.4 is 10.6 Å². The quantitative estimate of drug-likeness (QED) is 0.372. The van der Waals surface area contributed by atoms with Gasteiger partial charge in [0.1, 0.15) is 12.2 Å². The van der Waals surface area contributed by atoms with Gasteiger partial charge in [0, 0.05) is 43.2 Å². The van der Waals surface area contributed by atoms with Crippen LogP contribution in [-0.4, -0.2) is 45.3 Å². The van der Waals surface area contributed by atoms with Gasteiger partial charge in [-0.05, 0) is 30.9 Å². The highest BCUT2D eigenvalue weighted by Crippen LogP contribution is 2.18. The van der Waals surface area contributed by atoms with Gasteiger partial charge in [0.05, 0.1) is 6.54 Å². The number of benzene rings is 1. The molecule has 26 heavy (non-hydrogen) atoms. The third-order valence-corrected chi connectivity index (χ3v) is 4.96. The van der Waals surface area contributed by atoms with Crippen molar-refractivity contribution >= 4 is 16.9 Å². The van der Waals surface area contributed by atoms with E-state index in [9.17, 15) is 0 Å². The Morgan fingerprint density at radius 3 is 3.23 bits per heavy atom. The molecule has 0 fully saturated rings. The third-order valence-electron chi connectivity index (χ3n) is 4.96. The largest absolute Gasteiger partial charge is 0.361 e. The number of H-pyrrole nitrogens is 1. The number of aromatic amines is 1. The van der Waals surface area contributed by atoms with Crippen molar-refractivity contribution < 1.29 is 0 Å². The summed E-state index contributed by atoms with van der Waals surface area (Å²) in [7, 11) is 1.82. The first-order valence-corrected chi connectivity index (χ1v) is 9.22. The number of aliphatic imine (C=N–C) groups is 1. The minimum absolute atomic E-state index is 0.337. The third kappa shape index (κ3) is 3.56. The predicted octanol–water partition coefficient (Wildman–Crippen LogP) is 1.87. The van der Waals surface area contributed by atoms with Crippen molar-refractivity contribution in [1.82, 2.24) is 30.4 Å². The Kier molecular flexibility index (Phi) is 4.86. The number of nitrogens with one attached hydrogen (secondary N) is 3. The molecule has 0 spiro atoms. The monoisotopic (exact) mass is 351 g/mol. The topological polar surface area (TPSA) is 82.9 Å². The maximum absolute atomic E-state index is 4.35. The molecule has 1 aliphatic heterocycles. The minimum atomic E-state index is 0.337. The average Bonchev–Trinajstić information content (AvgIpc) is 3.30. The molecule has 0 saturated heterocycles. The standard InChI is InChI=1S/C19H25N7/c1-20-19(25-15-8-9-18-23-13-24-26(18)12-15)21-10-4-5-14-11-22-17-7-3-2-6-16(14)17/h2-3,6-7,11,13,15,22H,4-5,8-10,12H2,1H3,(H2,20,21,25). The lowest BCUT2D eigenvalue weighted by atomic mass is 10.1. The van der Waals surface area contributed by atoms with E-state index in [1.54, 1.807) is 6.33 Å². The van der Waals surface area contributed by atoms with Crippen molar-refractivity contribution in [1.29, 1.82) is 0 Å². The van der Waals surface area contributed by atoms with Crippen LogP contribution in [0.3, 0.4) is 0 Å². The van der Waals surface area contributed by atoms with Crippen LogP contribution in [-0.2, 0) is 19.4 Å². The molecule has 1 aliphatic rings. The number of aromatic nitrogens is 4. The van der Waals surface area contributed by atoms with Gasteiger partial charge in [-0.25, -0.2) is 9.67 Å². The summed E-state index contributed by atoms with van der Waals surface area (Å²) in [5.41, 5.74) is 2.58. The van der Waals surface area contributed by atoms with Crippen molar-refractivity contribution in [2.24, 2.45) is 4.99 Å². The van der Waals surface area contributed by atoms with Gasteiger partial charge >= 0.3 is 0 Å². The minimum Gasteiger partial charge on any atom is -0.361 e. The smallest absolute Gasteiger partial charge is 0.191 e. The number of hydrogen-bond acceptors (Lipinski definition) is 3. The van der Waals surface area contributed by atoms with E-state index in [-0.39, 0.29) is 0 Å². The molecule has 1 aromatic carbocycles. The van der Waals surface area contributed by atoms with Gasteiger partial charge in [-0.3, -0.25) is 4.99 Å². The molecule has 0 amide bonds. The summed E-state index contributed by atoms with van der Waals surface area (Å²) in [5, 5.41) is 12.5. The molecule has 0 bridgehead atoms. The lowest BCUT2D eigenvalue weighted by molar-refractivity contribution is 0.392. The van der Waals surface area contributed by atoms with Crippen LogP contribution in [0, 0.1) is 0 Å². The van der Waals surface area contributed by atoms with Crippen LogP contribution in [0.5, 0.6) is 0 Å². The second kappa shape index (κ2) is 7.59. The Bertz CT molecular complexity index is 892. The fraction of sp³-hybridized carbons (Fsp3) is 0.421. The first-order valence-electron chi connectivity index (χ1n) is 9.22. The summed E-state index contributed by atoms with van der Waals surface area (Å²) in [4.78, 5) is 12.0. The van der Waals surface area contributed by atoms with Gasteiger partial charge in [0.25, 0.3) is 0 Å². The molecular weight excluding hydrogens is 326 g/mol. The number of para-hydroxylation sites is 1. The number of hydrogen-bond donors (Lipinski definition) is 3. The zero-order valence-corrected chi connectivity index (χ0v) is 15.1. The summed E-state index contributed by atoms with van der Waals surface area (Å²) in [6.07, 6.45) is 7.86. The SMILES string of the molecule is CN=C(NCCCc1c[nH]c2ccccc12)NC1CCc2ncnn2C1. The van der Waals surface area contributed by atoms with Crippen LogP contribution in [0.1, 0.15) is 24.2 Å². The highest BCUT2D eigenvalue weighted by atomic mass is 15.4. The molecule has 136 valence electrons. The van der Waals surface area contributed by atoms with E-state index in [4.69, 9.17) is 0 Å². The van der Waals surface area contributed by atoms with Gasteiger partial charge < -0.3 is 15.6 Å². The van der Waals surface area contributed by atoms with E-state index in [1.165, 1.54) is 16.5 Å². The molecule has 1 unspecified atom stereocenters. The van der Waals surface area contributed by atoms with Crippen LogP contribution in [0.4, 0.5) is 0 Å². The van der Waals surface area contributed by atoms with Gasteiger partial charge in [-0.1, -0.05) is 18.2 Å². The van der Waals surface area contributed by atoms with Gasteiger partial charge in [-0.15, -0.1) is 0 Å². The van der Waals surface area contributed by atoms with Gasteiger partial charge in [0.15, 0.2) is 5.96 Å². The molecule has 7 nitrogen and oxygen atoms in total. The normalized spacial score (nSPS) is 17.3. The van der Waals surface area contributed by atoms with Gasteiger partial charge in [-0.2, -0.15) is 5.10 Å². The zero-order chi connectivity index (χ0) is 17.8. The van der Waals surface area contributed by atoms with Crippen molar-refractivity contribution in [3.8, 4) is 0 Å². The Hall–Kier alpha value is -2.83. The molecular formula is C19H25N7. The maximum atomic E-state index is 4.35. The Morgan fingerprint density at radius 2 is 2.31 bits per heavy atom. The fourth-order valence-corrected chi connectivity index (χ4v) is 3.57. The summed E-state index contributed by atoms with van der Waals surface area (Å²) in [6.45, 7) is 1.73. The number of guanidine groups is 1. The summed E-state index contributed by atoms with van der Waals surface area (Å²) in [5.74, 6) is 1.93. The van der Waals surface area contributed by atoms with E-state index in [0.29, 0.717) is 6.04 Å². The Labute approximate surface area is 152 Å². The first kappa shape index (κ1) is 16.6. The molecule has 7 heteroatoms. The molecule has 1 atom stereocenters. The average molecular weight is 351 g/mol. The van der Waals surface area contributed by atoms with E-state index in [1.807, 2.05) is 11.7 Å². The number of nitrogens with zero attached hydrogens (tertiary/aromatic N) is 4. The van der Waals surface area contributed by atoms with Crippen molar-refractivity contribution in [3.05, 3.63) is 48.2 Å². The summed E-state index contributed by atoms with van der Waals surface area (Å²) < 4.78 is 1.98. The number of rotatable bonds is 5. The second-order valence-corrected chi connectivity index (χ2v) is 6.70. The lowest BCUT2D eigenvalue weighted by Crippen LogP contribution is -2.47. The highest BCUT2D eigenvalue weighted by molar-refractivity contribution is 5.83. The molecule has 3 N–H and O–H groups in total. The van der Waals surface area contributed by atoms with E-state index in [0.717, 1.165) is 50.6 Å². The second-order valence-electron chi connectivity index (χ2n) is 6.70. The molecule has 3 aromatic rings. The summed E-state index contributed by atoms with van der Waals surface area (Å²) in [6, 6.07) is 8.79. The zero-order valence-electron chi connectivity index (χ0n) is 15.1. The lowest BCUT2D eigenvalue weighted by Gasteiger charge is -2.25. The number of aryl methyl sites for hydroxylation is 2. The van der Waals surface area contributed by atoms with Crippen LogP contribution in [0.15, 0.2) is 41.8 Å². The Balaban J connectivity index is 1.24. The van der Waals surface area contributed by atoms with E-state index < -0.39 is 0 Å². The maximum Gasteiger partial charge on any atom is 0.191 e. The molecule has 3 heterocycles. The number of fused-ring (bicyclic) bond motifs is 2. The van der Waals surface area contributed by atoms with Crippen molar-refractivity contribution in [2.45, 2.75) is 38.3 Å². The van der Waals surface area contributed by atoms with E-state index >= 15 is 0 Å². The molecule has 0 aliphatic carbocycles. The van der Waals surface area contributed by atoms with E-state index in [2.05, 4.69) is 61.2 Å². The van der Waals surface area contributed by atoms with Crippen molar-refractivity contribution in [3.63, 3.8) is 0 Å². The molecule has 2 aromatic heterocycles. The molecule has 0 radical (unpaired) electrons. The first-order chi connectivity index (χ1) is 12.8. The Morgan fingerprint density at radius 1 is 1.38 bits per heavy atom. The fourth-order valence-electron chi connectivity index (χ4n) is 3.57. The highest BCUT2D eigenvalue weighted by Gasteiger charge is 2.20. The molecule has 4 rings (SSSR count). The van der Waals surface area contributed by atoms with Crippen LogP contribution in [0.25, 0.3) is 10.9 Å². The van der Waals surface area contributed by atoms with Gasteiger partial charge in [0.2, 0.25) is 0 Å². The molecule has 0 saturated carbocycles. The predicted molar refractivity (Wildman–Crippen MR) is 103 cm³/mol.